The molecule has 2 aromatic carbocycles. The van der Waals surface area contributed by atoms with E-state index in [9.17, 15) is 14.9 Å². The van der Waals surface area contributed by atoms with Crippen LogP contribution >= 0.6 is 15.9 Å². The van der Waals surface area contributed by atoms with Crippen LogP contribution in [0.1, 0.15) is 11.1 Å². The second-order valence-corrected chi connectivity index (χ2v) is 5.55. The van der Waals surface area contributed by atoms with E-state index in [1.54, 1.807) is 18.2 Å². The number of carbonyl (C=O) groups is 1. The number of non-ortho nitro benzene ring substituents is 1. The van der Waals surface area contributed by atoms with Gasteiger partial charge in [-0.2, -0.15) is 0 Å². The third-order valence-electron chi connectivity index (χ3n) is 2.98. The molecule has 6 heteroatoms. The van der Waals surface area contributed by atoms with Crippen LogP contribution in [-0.4, -0.2) is 10.8 Å². The number of halogens is 1. The molecule has 2 aromatic rings. The van der Waals surface area contributed by atoms with Gasteiger partial charge in [0, 0.05) is 28.4 Å². The first-order valence-corrected chi connectivity index (χ1v) is 7.24. The van der Waals surface area contributed by atoms with E-state index >= 15 is 0 Å². The summed E-state index contributed by atoms with van der Waals surface area (Å²) in [7, 11) is 0. The molecule has 1 N–H and O–H groups in total. The lowest BCUT2D eigenvalue weighted by molar-refractivity contribution is -0.384. The number of nitrogens with one attached hydrogen (secondary N) is 1. The van der Waals surface area contributed by atoms with Gasteiger partial charge in [0.05, 0.1) is 4.92 Å². The van der Waals surface area contributed by atoms with Crippen molar-refractivity contribution in [2.45, 2.75) is 6.92 Å². The minimum atomic E-state index is -0.462. The van der Waals surface area contributed by atoms with Crippen LogP contribution in [0.3, 0.4) is 0 Å². The highest BCUT2D eigenvalue weighted by Gasteiger charge is 2.04. The molecule has 0 atom stereocenters. The zero-order chi connectivity index (χ0) is 16.1. The number of nitro benzene ring substituents is 1. The van der Waals surface area contributed by atoms with Crippen molar-refractivity contribution in [1.82, 2.24) is 0 Å². The molecule has 1 amide bonds. The van der Waals surface area contributed by atoms with E-state index in [4.69, 9.17) is 0 Å². The minimum Gasteiger partial charge on any atom is -0.322 e. The number of anilines is 1. The lowest BCUT2D eigenvalue weighted by Gasteiger charge is -2.06. The van der Waals surface area contributed by atoms with Crippen molar-refractivity contribution < 1.29 is 9.72 Å². The first-order valence-electron chi connectivity index (χ1n) is 6.45. The largest absolute Gasteiger partial charge is 0.322 e. The monoisotopic (exact) mass is 360 g/mol. The maximum absolute atomic E-state index is 11.9. The highest BCUT2D eigenvalue weighted by atomic mass is 79.9. The first-order chi connectivity index (χ1) is 10.5. The lowest BCUT2D eigenvalue weighted by atomic mass is 10.2. The Morgan fingerprint density at radius 1 is 1.23 bits per heavy atom. The van der Waals surface area contributed by atoms with Gasteiger partial charge >= 0.3 is 0 Å². The zero-order valence-electron chi connectivity index (χ0n) is 11.7. The Kier molecular flexibility index (Phi) is 5.06. The van der Waals surface area contributed by atoms with Crippen LogP contribution in [0.25, 0.3) is 6.08 Å². The van der Waals surface area contributed by atoms with E-state index < -0.39 is 4.92 Å². The highest BCUT2D eigenvalue weighted by Crippen LogP contribution is 2.20. The number of hydrogen-bond acceptors (Lipinski definition) is 3. The molecule has 0 unspecified atom stereocenters. The molecule has 0 aromatic heterocycles. The van der Waals surface area contributed by atoms with E-state index in [0.717, 1.165) is 15.7 Å². The van der Waals surface area contributed by atoms with Crippen molar-refractivity contribution >= 4 is 39.3 Å². The van der Waals surface area contributed by atoms with Gasteiger partial charge < -0.3 is 5.32 Å². The molecule has 0 heterocycles. The third-order valence-corrected chi connectivity index (χ3v) is 3.47. The molecule has 0 fully saturated rings. The van der Waals surface area contributed by atoms with Crippen molar-refractivity contribution in [3.8, 4) is 0 Å². The van der Waals surface area contributed by atoms with Crippen LogP contribution in [-0.2, 0) is 4.79 Å². The summed E-state index contributed by atoms with van der Waals surface area (Å²) in [5, 5.41) is 13.3. The van der Waals surface area contributed by atoms with E-state index in [1.165, 1.54) is 18.2 Å². The van der Waals surface area contributed by atoms with Crippen LogP contribution in [0.4, 0.5) is 11.4 Å². The Morgan fingerprint density at radius 3 is 2.50 bits per heavy atom. The van der Waals surface area contributed by atoms with Crippen LogP contribution in [0.5, 0.6) is 0 Å². The summed E-state index contributed by atoms with van der Waals surface area (Å²) in [5.74, 6) is -0.260. The Morgan fingerprint density at radius 2 is 1.91 bits per heavy atom. The van der Waals surface area contributed by atoms with Crippen LogP contribution < -0.4 is 5.32 Å². The number of carbonyl (C=O) groups excluding carboxylic acids is 1. The molecule has 0 aliphatic rings. The molecule has 2 rings (SSSR count). The summed E-state index contributed by atoms with van der Waals surface area (Å²) in [4.78, 5) is 22.0. The van der Waals surface area contributed by atoms with E-state index in [2.05, 4.69) is 21.2 Å². The van der Waals surface area contributed by atoms with Gasteiger partial charge in [-0.05, 0) is 54.5 Å². The predicted molar refractivity (Wildman–Crippen MR) is 89.6 cm³/mol. The predicted octanol–water partition coefficient (Wildman–Crippen LogP) is 4.32. The van der Waals surface area contributed by atoms with Gasteiger partial charge in [0.15, 0.2) is 0 Å². The van der Waals surface area contributed by atoms with Crippen LogP contribution in [0, 0.1) is 17.0 Å². The van der Waals surface area contributed by atoms with Gasteiger partial charge in [-0.25, -0.2) is 0 Å². The average molecular weight is 361 g/mol. The summed E-state index contributed by atoms with van der Waals surface area (Å²) in [5.41, 5.74) is 2.42. The molecule has 0 bridgehead atoms. The van der Waals surface area contributed by atoms with Gasteiger partial charge in [-0.15, -0.1) is 0 Å². The molecule has 22 heavy (non-hydrogen) atoms. The van der Waals surface area contributed by atoms with Crippen molar-refractivity contribution in [3.05, 3.63) is 74.3 Å². The third kappa shape index (κ3) is 4.26. The number of nitrogens with zero attached hydrogens (tertiary/aromatic N) is 1. The molecule has 0 aliphatic carbocycles. The number of rotatable bonds is 4. The fourth-order valence-electron chi connectivity index (χ4n) is 1.82. The number of amides is 1. The quantitative estimate of drug-likeness (QED) is 0.501. The molecule has 5 nitrogen and oxygen atoms in total. The van der Waals surface area contributed by atoms with Gasteiger partial charge in [0.25, 0.3) is 5.69 Å². The molecule has 112 valence electrons. The fraction of sp³-hybridized carbons (Fsp3) is 0.0625. The number of aryl methyl sites for hydroxylation is 1. The Bertz CT molecular complexity index is 740. The summed E-state index contributed by atoms with van der Waals surface area (Å²) >= 11 is 3.37. The van der Waals surface area contributed by atoms with Gasteiger partial charge in [0.1, 0.15) is 0 Å². The summed E-state index contributed by atoms with van der Waals surface area (Å²) in [6.45, 7) is 1.90. The molecule has 0 saturated heterocycles. The first kappa shape index (κ1) is 15.9. The number of benzene rings is 2. The van der Waals surface area contributed by atoms with Gasteiger partial charge in [-0.3, -0.25) is 14.9 Å². The SMILES string of the molecule is Cc1cc(Br)ccc1NC(=O)C=Cc1ccc([N+](=O)[O-])cc1. The number of nitro groups is 1. The van der Waals surface area contributed by atoms with Gasteiger partial charge in [0.2, 0.25) is 5.91 Å². The molecule has 0 aliphatic heterocycles. The summed E-state index contributed by atoms with van der Waals surface area (Å²) in [6, 6.07) is 11.6. The van der Waals surface area contributed by atoms with E-state index in [0.29, 0.717) is 5.56 Å². The fourth-order valence-corrected chi connectivity index (χ4v) is 2.30. The minimum absolute atomic E-state index is 0.0205. The molecule has 0 saturated carbocycles. The maximum Gasteiger partial charge on any atom is 0.269 e. The molecular formula is C16H13BrN2O3. The maximum atomic E-state index is 11.9. The standard InChI is InChI=1S/C16H13BrN2O3/c1-11-10-13(17)5-8-15(11)18-16(20)9-4-12-2-6-14(7-3-12)19(21)22/h2-10H,1H3,(H,18,20). The average Bonchev–Trinajstić information content (AvgIpc) is 2.48. The van der Waals surface area contributed by atoms with Gasteiger partial charge in [-0.1, -0.05) is 15.9 Å². The normalized spacial score (nSPS) is 10.6. The van der Waals surface area contributed by atoms with Crippen LogP contribution in [0.15, 0.2) is 53.0 Å². The summed E-state index contributed by atoms with van der Waals surface area (Å²) < 4.78 is 0.949. The molecule has 0 spiro atoms. The second kappa shape index (κ2) is 7.00. The summed E-state index contributed by atoms with van der Waals surface area (Å²) in [6.07, 6.45) is 3.00. The smallest absolute Gasteiger partial charge is 0.269 e. The van der Waals surface area contributed by atoms with Crippen molar-refractivity contribution in [1.29, 1.82) is 0 Å². The highest BCUT2D eigenvalue weighted by molar-refractivity contribution is 9.10. The van der Waals surface area contributed by atoms with E-state index in [-0.39, 0.29) is 11.6 Å². The Labute approximate surface area is 135 Å². The zero-order valence-corrected chi connectivity index (χ0v) is 13.3. The molecule has 0 radical (unpaired) electrons. The Hall–Kier alpha value is -2.47. The van der Waals surface area contributed by atoms with Crippen molar-refractivity contribution in [3.63, 3.8) is 0 Å². The van der Waals surface area contributed by atoms with Crippen molar-refractivity contribution in [2.24, 2.45) is 0 Å². The number of hydrogen-bond donors (Lipinski definition) is 1. The Balaban J connectivity index is 2.03. The second-order valence-electron chi connectivity index (χ2n) is 4.63. The lowest BCUT2D eigenvalue weighted by Crippen LogP contribution is -2.08. The topological polar surface area (TPSA) is 72.2 Å². The van der Waals surface area contributed by atoms with Crippen molar-refractivity contribution in [2.75, 3.05) is 5.32 Å². The van der Waals surface area contributed by atoms with Crippen LogP contribution in [0.2, 0.25) is 0 Å². The van der Waals surface area contributed by atoms with E-state index in [1.807, 2.05) is 25.1 Å². The molecular weight excluding hydrogens is 348 g/mol.